The van der Waals surface area contributed by atoms with Crippen LogP contribution in [0, 0.1) is 5.41 Å². The van der Waals surface area contributed by atoms with Gasteiger partial charge in [0.05, 0.1) is 5.02 Å². The topological polar surface area (TPSA) is 42.1 Å². The van der Waals surface area contributed by atoms with Gasteiger partial charge in [0.15, 0.2) is 0 Å². The average molecular weight is 313 g/mol. The lowest BCUT2D eigenvalue weighted by Gasteiger charge is -2.22. The van der Waals surface area contributed by atoms with Gasteiger partial charge < -0.3 is 5.73 Å². The first kappa shape index (κ1) is 17.9. The van der Waals surface area contributed by atoms with Gasteiger partial charge in [0.25, 0.3) is 0 Å². The van der Waals surface area contributed by atoms with Gasteiger partial charge in [0.2, 0.25) is 0 Å². The third-order valence-electron chi connectivity index (χ3n) is 3.38. The van der Waals surface area contributed by atoms with Gasteiger partial charge >= 0.3 is 0 Å². The fourth-order valence-electron chi connectivity index (χ4n) is 2.20. The predicted molar refractivity (Wildman–Crippen MR) is 80.8 cm³/mol. The van der Waals surface area contributed by atoms with E-state index < -0.39 is 0 Å². The van der Waals surface area contributed by atoms with Crippen molar-refractivity contribution in [2.75, 3.05) is 19.6 Å². The molecule has 0 saturated carbocycles. The van der Waals surface area contributed by atoms with Crippen LogP contribution in [-0.2, 0) is 6.54 Å². The number of pyridine rings is 1. The van der Waals surface area contributed by atoms with E-state index in [2.05, 4.69) is 16.8 Å². The molecular weight excluding hydrogens is 293 g/mol. The summed E-state index contributed by atoms with van der Waals surface area (Å²) in [6, 6.07) is 1.99. The summed E-state index contributed by atoms with van der Waals surface area (Å²) < 4.78 is 0. The SMILES string of the molecule is CC1(CN)CCN(Cc2ccncc2Cl)C1.Cl.Cl. The average Bonchev–Trinajstić information content (AvgIpc) is 2.65. The van der Waals surface area contributed by atoms with Crippen LogP contribution in [0.15, 0.2) is 18.5 Å². The van der Waals surface area contributed by atoms with Crippen molar-refractivity contribution in [2.45, 2.75) is 19.9 Å². The molecule has 1 aromatic heterocycles. The predicted octanol–water partition coefficient (Wildman–Crippen LogP) is 2.75. The van der Waals surface area contributed by atoms with Crippen LogP contribution in [0.2, 0.25) is 5.02 Å². The third-order valence-corrected chi connectivity index (χ3v) is 3.72. The highest BCUT2D eigenvalue weighted by molar-refractivity contribution is 6.31. The molecule has 0 aliphatic carbocycles. The monoisotopic (exact) mass is 311 g/mol. The molecule has 1 aliphatic rings. The van der Waals surface area contributed by atoms with Crippen molar-refractivity contribution in [3.05, 3.63) is 29.0 Å². The van der Waals surface area contributed by atoms with Crippen LogP contribution in [0.5, 0.6) is 0 Å². The molecule has 3 nitrogen and oxygen atoms in total. The minimum absolute atomic E-state index is 0. The van der Waals surface area contributed by atoms with Crippen LogP contribution in [0.3, 0.4) is 0 Å². The lowest BCUT2D eigenvalue weighted by atomic mass is 9.90. The molecule has 2 rings (SSSR count). The summed E-state index contributed by atoms with van der Waals surface area (Å²) in [4.78, 5) is 6.40. The van der Waals surface area contributed by atoms with Crippen molar-refractivity contribution in [3.63, 3.8) is 0 Å². The Labute approximate surface area is 126 Å². The van der Waals surface area contributed by atoms with Gasteiger partial charge in [-0.3, -0.25) is 9.88 Å². The standard InChI is InChI=1S/C12H18ClN3.2ClH/c1-12(8-14)3-5-16(9-12)7-10-2-4-15-6-11(10)13;;/h2,4,6H,3,5,7-9,14H2,1H3;2*1H. The molecule has 1 atom stereocenters. The Bertz CT molecular complexity index is 375. The van der Waals surface area contributed by atoms with Gasteiger partial charge in [0, 0.05) is 25.5 Å². The maximum absolute atomic E-state index is 6.09. The molecule has 0 spiro atoms. The molecular formula is C12H20Cl3N3. The number of likely N-dealkylation sites (tertiary alicyclic amines) is 1. The zero-order valence-electron chi connectivity index (χ0n) is 10.4. The summed E-state index contributed by atoms with van der Waals surface area (Å²) in [5.41, 5.74) is 7.22. The maximum Gasteiger partial charge on any atom is 0.0634 e. The zero-order chi connectivity index (χ0) is 11.6. The maximum atomic E-state index is 6.09. The minimum atomic E-state index is 0. The van der Waals surface area contributed by atoms with E-state index in [1.807, 2.05) is 6.07 Å². The van der Waals surface area contributed by atoms with E-state index in [-0.39, 0.29) is 30.2 Å². The summed E-state index contributed by atoms with van der Waals surface area (Å²) >= 11 is 6.09. The van der Waals surface area contributed by atoms with E-state index in [1.54, 1.807) is 12.4 Å². The van der Waals surface area contributed by atoms with Crippen LogP contribution in [0.4, 0.5) is 0 Å². The highest BCUT2D eigenvalue weighted by Gasteiger charge is 2.32. The third kappa shape index (κ3) is 4.25. The van der Waals surface area contributed by atoms with Crippen LogP contribution >= 0.6 is 36.4 Å². The number of halogens is 3. The molecule has 1 fully saturated rings. The zero-order valence-corrected chi connectivity index (χ0v) is 12.8. The molecule has 0 amide bonds. The summed E-state index contributed by atoms with van der Waals surface area (Å²) in [6.45, 7) is 6.07. The van der Waals surface area contributed by atoms with E-state index in [0.717, 1.165) is 36.8 Å². The largest absolute Gasteiger partial charge is 0.330 e. The first-order chi connectivity index (χ1) is 7.63. The molecule has 1 aromatic rings. The first-order valence-corrected chi connectivity index (χ1v) is 6.02. The number of aromatic nitrogens is 1. The molecule has 1 unspecified atom stereocenters. The molecule has 1 aliphatic heterocycles. The number of rotatable bonds is 3. The molecule has 1 saturated heterocycles. The summed E-state index contributed by atoms with van der Waals surface area (Å²) in [7, 11) is 0. The Morgan fingerprint density at radius 1 is 1.50 bits per heavy atom. The second kappa shape index (κ2) is 7.51. The Morgan fingerprint density at radius 3 is 2.78 bits per heavy atom. The number of nitrogens with zero attached hydrogens (tertiary/aromatic N) is 2. The molecule has 18 heavy (non-hydrogen) atoms. The van der Waals surface area contributed by atoms with Crippen LogP contribution in [0.25, 0.3) is 0 Å². The molecule has 0 bridgehead atoms. The Hall–Kier alpha value is -0.0600. The van der Waals surface area contributed by atoms with E-state index in [0.29, 0.717) is 0 Å². The van der Waals surface area contributed by atoms with Gasteiger partial charge in [-0.25, -0.2) is 0 Å². The van der Waals surface area contributed by atoms with Crippen molar-refractivity contribution >= 4 is 36.4 Å². The quantitative estimate of drug-likeness (QED) is 0.933. The van der Waals surface area contributed by atoms with Gasteiger partial charge in [-0.15, -0.1) is 24.8 Å². The van der Waals surface area contributed by atoms with Crippen LogP contribution < -0.4 is 5.73 Å². The summed E-state index contributed by atoms with van der Waals surface area (Å²) in [5.74, 6) is 0. The summed E-state index contributed by atoms with van der Waals surface area (Å²) in [5, 5.41) is 0.754. The first-order valence-electron chi connectivity index (χ1n) is 5.64. The number of hydrogen-bond acceptors (Lipinski definition) is 3. The Balaban J connectivity index is 0.00000144. The fraction of sp³-hybridized carbons (Fsp3) is 0.583. The van der Waals surface area contributed by atoms with Gasteiger partial charge in [-0.1, -0.05) is 18.5 Å². The second-order valence-corrected chi connectivity index (χ2v) is 5.35. The summed E-state index contributed by atoms with van der Waals surface area (Å²) in [6.07, 6.45) is 4.67. The van der Waals surface area contributed by atoms with E-state index >= 15 is 0 Å². The highest BCUT2D eigenvalue weighted by Crippen LogP contribution is 2.30. The highest BCUT2D eigenvalue weighted by atomic mass is 35.5. The molecule has 6 heteroatoms. The molecule has 104 valence electrons. The molecule has 2 N–H and O–H groups in total. The Kier molecular flexibility index (Phi) is 7.48. The lowest BCUT2D eigenvalue weighted by molar-refractivity contribution is 0.274. The van der Waals surface area contributed by atoms with Crippen molar-refractivity contribution < 1.29 is 0 Å². The number of nitrogens with two attached hydrogens (primary N) is 1. The minimum Gasteiger partial charge on any atom is -0.330 e. The van der Waals surface area contributed by atoms with Crippen LogP contribution in [0.1, 0.15) is 18.9 Å². The molecule has 0 aromatic carbocycles. The van der Waals surface area contributed by atoms with E-state index in [1.165, 1.54) is 6.42 Å². The van der Waals surface area contributed by atoms with Crippen molar-refractivity contribution in [2.24, 2.45) is 11.1 Å². The van der Waals surface area contributed by atoms with Crippen molar-refractivity contribution in [1.29, 1.82) is 0 Å². The Morgan fingerprint density at radius 2 is 2.22 bits per heavy atom. The van der Waals surface area contributed by atoms with Crippen molar-refractivity contribution in [3.8, 4) is 0 Å². The van der Waals surface area contributed by atoms with Gasteiger partial charge in [0.1, 0.15) is 0 Å². The molecule has 2 heterocycles. The fourth-order valence-corrected chi connectivity index (χ4v) is 2.38. The smallest absolute Gasteiger partial charge is 0.0634 e. The second-order valence-electron chi connectivity index (χ2n) is 4.94. The lowest BCUT2D eigenvalue weighted by Crippen LogP contribution is -2.31. The van der Waals surface area contributed by atoms with Gasteiger partial charge in [-0.2, -0.15) is 0 Å². The number of hydrogen-bond donors (Lipinski definition) is 1. The normalized spacial score (nSPS) is 23.3. The van der Waals surface area contributed by atoms with Crippen LogP contribution in [-0.4, -0.2) is 29.5 Å². The van der Waals surface area contributed by atoms with E-state index in [4.69, 9.17) is 17.3 Å². The molecule has 0 radical (unpaired) electrons. The van der Waals surface area contributed by atoms with E-state index in [9.17, 15) is 0 Å². The van der Waals surface area contributed by atoms with Gasteiger partial charge in [-0.05, 0) is 36.6 Å². The van der Waals surface area contributed by atoms with Crippen molar-refractivity contribution in [1.82, 2.24) is 9.88 Å².